The van der Waals surface area contributed by atoms with Crippen molar-refractivity contribution in [1.82, 2.24) is 10.2 Å². The minimum Gasteiger partial charge on any atom is -0.358 e. The molecule has 0 aromatic heterocycles. The fraction of sp³-hybridized carbons (Fsp3) is 0.227. The summed E-state index contributed by atoms with van der Waals surface area (Å²) in [6.45, 7) is 4.00. The summed E-state index contributed by atoms with van der Waals surface area (Å²) in [7, 11) is 0. The van der Waals surface area contributed by atoms with E-state index in [0.717, 1.165) is 35.4 Å². The quantitative estimate of drug-likeness (QED) is 0.788. The van der Waals surface area contributed by atoms with Crippen LogP contribution in [0.4, 0.5) is 10.5 Å². The third-order valence-electron chi connectivity index (χ3n) is 5.19. The maximum Gasteiger partial charge on any atom is 0.331 e. The number of hydrogen-bond acceptors (Lipinski definition) is 4. The molecule has 1 aliphatic carbocycles. The third kappa shape index (κ3) is 3.41. The lowest BCUT2D eigenvalue weighted by atomic mass is 10.00. The lowest BCUT2D eigenvalue weighted by molar-refractivity contribution is -0.141. The van der Waals surface area contributed by atoms with Gasteiger partial charge in [-0.2, -0.15) is 0 Å². The number of carbonyl (C=O) groups excluding carboxylic acids is 3. The number of fused-ring (bicyclic) bond motifs is 1. The van der Waals surface area contributed by atoms with Crippen LogP contribution < -0.4 is 10.6 Å². The van der Waals surface area contributed by atoms with E-state index in [0.29, 0.717) is 0 Å². The van der Waals surface area contributed by atoms with Crippen molar-refractivity contribution in [2.45, 2.75) is 25.8 Å². The first-order chi connectivity index (χ1) is 13.5. The SMILES string of the molecule is C=C(Nc1ccc2c(c1)CCC2)[C@H]1C(=O)NC(=O)N(Cc2ccccc2)C1=O. The molecule has 0 saturated carbocycles. The Kier molecular flexibility index (Phi) is 4.69. The van der Waals surface area contributed by atoms with E-state index in [-0.39, 0.29) is 12.2 Å². The van der Waals surface area contributed by atoms with Crippen LogP contribution in [0.15, 0.2) is 60.8 Å². The van der Waals surface area contributed by atoms with Crippen LogP contribution in [-0.4, -0.2) is 22.7 Å². The molecular formula is C22H21N3O3. The second kappa shape index (κ2) is 7.31. The predicted molar refractivity (Wildman–Crippen MR) is 105 cm³/mol. The van der Waals surface area contributed by atoms with Gasteiger partial charge in [0, 0.05) is 11.4 Å². The number of aryl methyl sites for hydroxylation is 2. The van der Waals surface area contributed by atoms with Crippen LogP contribution in [0.5, 0.6) is 0 Å². The van der Waals surface area contributed by atoms with Gasteiger partial charge in [0.05, 0.1) is 6.54 Å². The third-order valence-corrected chi connectivity index (χ3v) is 5.19. The smallest absolute Gasteiger partial charge is 0.331 e. The molecule has 2 aromatic rings. The van der Waals surface area contributed by atoms with E-state index in [9.17, 15) is 14.4 Å². The average molecular weight is 375 g/mol. The van der Waals surface area contributed by atoms with E-state index in [1.807, 2.05) is 42.5 Å². The predicted octanol–water partition coefficient (Wildman–Crippen LogP) is 3.00. The molecule has 2 N–H and O–H groups in total. The largest absolute Gasteiger partial charge is 0.358 e. The van der Waals surface area contributed by atoms with Gasteiger partial charge < -0.3 is 5.32 Å². The molecule has 142 valence electrons. The highest BCUT2D eigenvalue weighted by Gasteiger charge is 2.42. The lowest BCUT2D eigenvalue weighted by Gasteiger charge is -2.31. The van der Waals surface area contributed by atoms with Gasteiger partial charge in [-0.1, -0.05) is 43.0 Å². The highest BCUT2D eigenvalue weighted by Crippen LogP contribution is 2.27. The van der Waals surface area contributed by atoms with Crippen LogP contribution >= 0.6 is 0 Å². The lowest BCUT2D eigenvalue weighted by Crippen LogP contribution is -2.58. The number of nitrogens with zero attached hydrogens (tertiary/aromatic N) is 1. The second-order valence-electron chi connectivity index (χ2n) is 7.12. The van der Waals surface area contributed by atoms with E-state index in [2.05, 4.69) is 23.3 Å². The van der Waals surface area contributed by atoms with Gasteiger partial charge in [-0.3, -0.25) is 19.8 Å². The van der Waals surface area contributed by atoms with Crippen molar-refractivity contribution in [3.8, 4) is 0 Å². The first-order valence-electron chi connectivity index (χ1n) is 9.30. The van der Waals surface area contributed by atoms with Crippen molar-refractivity contribution >= 4 is 23.5 Å². The normalized spacial score (nSPS) is 18.6. The van der Waals surface area contributed by atoms with Gasteiger partial charge in [0.15, 0.2) is 5.92 Å². The number of rotatable bonds is 5. The molecule has 2 aliphatic rings. The summed E-state index contributed by atoms with van der Waals surface area (Å²) in [6, 6.07) is 14.5. The van der Waals surface area contributed by atoms with E-state index >= 15 is 0 Å². The summed E-state index contributed by atoms with van der Waals surface area (Å²) in [6.07, 6.45) is 3.25. The molecule has 6 nitrogen and oxygen atoms in total. The number of carbonyl (C=O) groups is 3. The van der Waals surface area contributed by atoms with Crippen molar-refractivity contribution in [2.75, 3.05) is 5.32 Å². The first kappa shape index (κ1) is 18.0. The number of imide groups is 2. The molecule has 4 amide bonds. The molecule has 2 aromatic carbocycles. The van der Waals surface area contributed by atoms with E-state index < -0.39 is 23.8 Å². The molecule has 4 rings (SSSR count). The number of nitrogens with one attached hydrogen (secondary N) is 2. The van der Waals surface area contributed by atoms with Crippen LogP contribution in [-0.2, 0) is 29.0 Å². The Hall–Kier alpha value is -3.41. The Morgan fingerprint density at radius 1 is 1.07 bits per heavy atom. The summed E-state index contributed by atoms with van der Waals surface area (Å²) >= 11 is 0. The van der Waals surface area contributed by atoms with Crippen molar-refractivity contribution in [3.05, 3.63) is 77.5 Å². The molecule has 1 saturated heterocycles. The first-order valence-corrected chi connectivity index (χ1v) is 9.30. The summed E-state index contributed by atoms with van der Waals surface area (Å²) in [5.74, 6) is -2.39. The van der Waals surface area contributed by atoms with Crippen molar-refractivity contribution in [1.29, 1.82) is 0 Å². The topological polar surface area (TPSA) is 78.5 Å². The minimum absolute atomic E-state index is 0.0986. The van der Waals surface area contributed by atoms with Crippen LogP contribution in [0.25, 0.3) is 0 Å². The van der Waals surface area contributed by atoms with Gasteiger partial charge in [0.1, 0.15) is 0 Å². The molecule has 1 atom stereocenters. The zero-order valence-corrected chi connectivity index (χ0v) is 15.4. The van der Waals surface area contributed by atoms with Gasteiger partial charge in [0.2, 0.25) is 11.8 Å². The van der Waals surface area contributed by atoms with Gasteiger partial charge in [-0.25, -0.2) is 4.79 Å². The summed E-state index contributed by atoms with van der Waals surface area (Å²) in [4.78, 5) is 38.5. The monoisotopic (exact) mass is 375 g/mol. The maximum atomic E-state index is 12.9. The van der Waals surface area contributed by atoms with Crippen molar-refractivity contribution < 1.29 is 14.4 Å². The van der Waals surface area contributed by atoms with E-state index in [1.165, 1.54) is 11.1 Å². The molecule has 6 heteroatoms. The van der Waals surface area contributed by atoms with Crippen molar-refractivity contribution in [2.24, 2.45) is 5.92 Å². The van der Waals surface area contributed by atoms with Crippen LogP contribution in [0, 0.1) is 5.92 Å². The summed E-state index contributed by atoms with van der Waals surface area (Å²) in [5.41, 5.74) is 4.46. The van der Waals surface area contributed by atoms with Crippen LogP contribution in [0.3, 0.4) is 0 Å². The molecular weight excluding hydrogens is 354 g/mol. The molecule has 0 radical (unpaired) electrons. The van der Waals surface area contributed by atoms with Crippen LogP contribution in [0.2, 0.25) is 0 Å². The van der Waals surface area contributed by atoms with E-state index in [1.54, 1.807) is 0 Å². The minimum atomic E-state index is -1.16. The Morgan fingerprint density at radius 3 is 2.61 bits per heavy atom. The Morgan fingerprint density at radius 2 is 1.82 bits per heavy atom. The number of barbiturate groups is 1. The number of anilines is 1. The summed E-state index contributed by atoms with van der Waals surface area (Å²) < 4.78 is 0. The molecule has 0 unspecified atom stereocenters. The van der Waals surface area contributed by atoms with Gasteiger partial charge in [-0.15, -0.1) is 0 Å². The zero-order chi connectivity index (χ0) is 19.7. The molecule has 0 spiro atoms. The maximum absolute atomic E-state index is 12.9. The van der Waals surface area contributed by atoms with Gasteiger partial charge in [-0.05, 0) is 48.1 Å². The fourth-order valence-corrected chi connectivity index (χ4v) is 3.74. The molecule has 0 bridgehead atoms. The zero-order valence-electron chi connectivity index (χ0n) is 15.4. The van der Waals surface area contributed by atoms with Gasteiger partial charge in [0.25, 0.3) is 0 Å². The Bertz CT molecular complexity index is 968. The number of benzene rings is 2. The Labute approximate surface area is 163 Å². The Balaban J connectivity index is 1.52. The van der Waals surface area contributed by atoms with Crippen LogP contribution in [0.1, 0.15) is 23.1 Å². The standard InChI is InChI=1S/C22H21N3O3/c1-14(23-18-11-10-16-8-5-9-17(16)12-18)19-20(26)24-22(28)25(21(19)27)13-15-6-3-2-4-7-15/h2-4,6-7,10-12,19,23H,1,5,8-9,13H2,(H,24,26,28)/t19-/m0/s1. The highest BCUT2D eigenvalue weighted by atomic mass is 16.2. The molecule has 1 fully saturated rings. The molecule has 1 heterocycles. The number of urea groups is 1. The second-order valence-corrected chi connectivity index (χ2v) is 7.12. The van der Waals surface area contributed by atoms with Crippen molar-refractivity contribution in [3.63, 3.8) is 0 Å². The van der Waals surface area contributed by atoms with E-state index in [4.69, 9.17) is 0 Å². The average Bonchev–Trinajstić information content (AvgIpc) is 3.13. The van der Waals surface area contributed by atoms with Gasteiger partial charge >= 0.3 is 6.03 Å². The molecule has 1 aliphatic heterocycles. The number of hydrogen-bond donors (Lipinski definition) is 2. The number of amides is 4. The highest BCUT2D eigenvalue weighted by molar-refractivity contribution is 6.17. The fourth-order valence-electron chi connectivity index (χ4n) is 3.74. The molecule has 28 heavy (non-hydrogen) atoms. The summed E-state index contributed by atoms with van der Waals surface area (Å²) in [5, 5.41) is 5.35.